The molecule has 2 aromatic carbocycles. The maximum absolute atomic E-state index is 12.1. The number of hydrogen-bond donors (Lipinski definition) is 0. The summed E-state index contributed by atoms with van der Waals surface area (Å²) >= 11 is 0. The lowest BCUT2D eigenvalue weighted by Gasteiger charge is -2.06. The number of nitrogens with zero attached hydrogens (tertiary/aromatic N) is 2. The predicted octanol–water partition coefficient (Wildman–Crippen LogP) is 9.07. The summed E-state index contributed by atoms with van der Waals surface area (Å²) in [5.41, 5.74) is 1.92. The quantitative estimate of drug-likeness (QED) is 0.0687. The predicted molar refractivity (Wildman–Crippen MR) is 155 cm³/mol. The summed E-state index contributed by atoms with van der Waals surface area (Å²) in [7, 11) is 0. The summed E-state index contributed by atoms with van der Waals surface area (Å²) in [6, 6.07) is 14.5. The van der Waals surface area contributed by atoms with Gasteiger partial charge in [-0.05, 0) is 67.8 Å². The van der Waals surface area contributed by atoms with Crippen LogP contribution in [0.5, 0.6) is 5.75 Å². The minimum Gasteiger partial charge on any atom is -0.494 e. The Morgan fingerprint density at radius 1 is 0.667 bits per heavy atom. The van der Waals surface area contributed by atoms with Gasteiger partial charge in [0, 0.05) is 6.08 Å². The van der Waals surface area contributed by atoms with Crippen LogP contribution in [0.2, 0.25) is 0 Å². The van der Waals surface area contributed by atoms with Gasteiger partial charge in [0.15, 0.2) is 0 Å². The van der Waals surface area contributed by atoms with Gasteiger partial charge in [-0.25, -0.2) is 9.59 Å². The number of carbonyl (C=O) groups excluding carboxylic acids is 2. The fourth-order valence-corrected chi connectivity index (χ4v) is 3.85. The summed E-state index contributed by atoms with van der Waals surface area (Å²) < 4.78 is 16.1. The summed E-state index contributed by atoms with van der Waals surface area (Å²) in [6.45, 7) is 7.18. The number of benzene rings is 2. The molecule has 0 aliphatic heterocycles. The third-order valence-corrected chi connectivity index (χ3v) is 6.17. The van der Waals surface area contributed by atoms with Gasteiger partial charge in [0.2, 0.25) is 0 Å². The van der Waals surface area contributed by atoms with E-state index < -0.39 is 0 Å². The van der Waals surface area contributed by atoms with E-state index in [1.165, 1.54) is 31.8 Å². The van der Waals surface area contributed by atoms with Gasteiger partial charge in [-0.2, -0.15) is 10.2 Å². The lowest BCUT2D eigenvalue weighted by Crippen LogP contribution is -2.06. The zero-order chi connectivity index (χ0) is 28.0. The van der Waals surface area contributed by atoms with Gasteiger partial charge in [0.1, 0.15) is 5.75 Å². The second-order valence-corrected chi connectivity index (χ2v) is 9.49. The topological polar surface area (TPSA) is 86.5 Å². The van der Waals surface area contributed by atoms with E-state index in [4.69, 9.17) is 14.2 Å². The Bertz CT molecular complexity index is 987. The molecule has 0 radical (unpaired) electrons. The van der Waals surface area contributed by atoms with E-state index in [1.807, 2.05) is 24.3 Å². The smallest absolute Gasteiger partial charge is 0.338 e. The molecule has 0 spiro atoms. The van der Waals surface area contributed by atoms with E-state index >= 15 is 0 Å². The average molecular weight is 537 g/mol. The van der Waals surface area contributed by atoms with E-state index in [-0.39, 0.29) is 11.9 Å². The molecule has 2 aromatic rings. The van der Waals surface area contributed by atoms with Crippen LogP contribution >= 0.6 is 0 Å². The molecule has 0 aliphatic carbocycles. The van der Waals surface area contributed by atoms with E-state index in [0.29, 0.717) is 31.1 Å². The van der Waals surface area contributed by atoms with E-state index in [0.717, 1.165) is 62.8 Å². The Labute approximate surface area is 233 Å². The lowest BCUT2D eigenvalue weighted by atomic mass is 10.1. The molecule has 7 heteroatoms. The van der Waals surface area contributed by atoms with Crippen LogP contribution in [0.25, 0.3) is 0 Å². The zero-order valence-electron chi connectivity index (χ0n) is 23.4. The SMILES string of the molecule is C=CC(=O)OCCCCCCCCCCOc1ccc(N=Nc2ccc(C(=O)OCCCCCC)cc2)cc1. The van der Waals surface area contributed by atoms with Crippen molar-refractivity contribution in [1.82, 2.24) is 0 Å². The number of unbranched alkanes of at least 4 members (excludes halogenated alkanes) is 10. The number of carbonyl (C=O) groups is 2. The Morgan fingerprint density at radius 2 is 1.15 bits per heavy atom. The highest BCUT2D eigenvalue weighted by Crippen LogP contribution is 2.22. The van der Waals surface area contributed by atoms with Crippen molar-refractivity contribution in [2.24, 2.45) is 10.2 Å². The lowest BCUT2D eigenvalue weighted by molar-refractivity contribution is -0.137. The number of azo groups is 1. The van der Waals surface area contributed by atoms with Crippen molar-refractivity contribution < 1.29 is 23.8 Å². The molecule has 39 heavy (non-hydrogen) atoms. The van der Waals surface area contributed by atoms with Gasteiger partial charge < -0.3 is 14.2 Å². The monoisotopic (exact) mass is 536 g/mol. The van der Waals surface area contributed by atoms with Crippen molar-refractivity contribution >= 4 is 23.3 Å². The summed E-state index contributed by atoms with van der Waals surface area (Å²) in [5, 5.41) is 8.52. The number of esters is 2. The van der Waals surface area contributed by atoms with Crippen LogP contribution in [0.15, 0.2) is 71.4 Å². The summed E-state index contributed by atoms with van der Waals surface area (Å²) in [5.74, 6) is 0.178. The maximum Gasteiger partial charge on any atom is 0.338 e. The van der Waals surface area contributed by atoms with Crippen LogP contribution in [0.4, 0.5) is 11.4 Å². The fraction of sp³-hybridized carbons (Fsp3) is 0.500. The summed E-state index contributed by atoms with van der Waals surface area (Å²) in [4.78, 5) is 23.1. The molecule has 0 saturated heterocycles. The second-order valence-electron chi connectivity index (χ2n) is 9.49. The first-order chi connectivity index (χ1) is 19.1. The van der Waals surface area contributed by atoms with Crippen LogP contribution in [-0.2, 0) is 14.3 Å². The molecule has 0 unspecified atom stereocenters. The van der Waals surface area contributed by atoms with E-state index in [9.17, 15) is 9.59 Å². The third kappa shape index (κ3) is 14.9. The van der Waals surface area contributed by atoms with Crippen molar-refractivity contribution in [3.05, 3.63) is 66.7 Å². The van der Waals surface area contributed by atoms with Crippen molar-refractivity contribution in [3.63, 3.8) is 0 Å². The molecule has 0 bridgehead atoms. The molecule has 0 saturated carbocycles. The molecule has 0 fully saturated rings. The first-order valence-electron chi connectivity index (χ1n) is 14.3. The van der Waals surface area contributed by atoms with E-state index in [2.05, 4.69) is 23.7 Å². The molecule has 0 aliphatic rings. The van der Waals surface area contributed by atoms with Gasteiger partial charge in [0.05, 0.1) is 36.8 Å². The van der Waals surface area contributed by atoms with Crippen LogP contribution in [0, 0.1) is 0 Å². The molecule has 7 nitrogen and oxygen atoms in total. The number of ether oxygens (including phenoxy) is 3. The fourth-order valence-electron chi connectivity index (χ4n) is 3.85. The van der Waals surface area contributed by atoms with Gasteiger partial charge in [-0.15, -0.1) is 0 Å². The van der Waals surface area contributed by atoms with Crippen molar-refractivity contribution in [2.45, 2.75) is 84.0 Å². The highest BCUT2D eigenvalue weighted by molar-refractivity contribution is 5.89. The Hall–Kier alpha value is -3.48. The molecule has 0 atom stereocenters. The first-order valence-corrected chi connectivity index (χ1v) is 14.3. The minimum atomic E-state index is -0.342. The second kappa shape index (κ2) is 20.5. The van der Waals surface area contributed by atoms with Crippen LogP contribution in [-0.4, -0.2) is 31.8 Å². The Balaban J connectivity index is 1.55. The normalized spacial score (nSPS) is 10.9. The molecular weight excluding hydrogens is 492 g/mol. The molecule has 0 N–H and O–H groups in total. The van der Waals surface area contributed by atoms with Crippen molar-refractivity contribution in [2.75, 3.05) is 19.8 Å². The standard InChI is InChI=1S/C32H44N2O5/c1-3-5-6-13-26-39-32(36)27-16-18-28(19-17-27)33-34-29-20-22-30(23-21-29)37-24-14-11-9-7-8-10-12-15-25-38-31(35)4-2/h4,16-23H,2-3,5-15,24-26H2,1H3. The number of hydrogen-bond acceptors (Lipinski definition) is 7. The van der Waals surface area contributed by atoms with Crippen molar-refractivity contribution in [1.29, 1.82) is 0 Å². The van der Waals surface area contributed by atoms with Gasteiger partial charge in [-0.1, -0.05) is 71.3 Å². The van der Waals surface area contributed by atoms with Gasteiger partial charge >= 0.3 is 11.9 Å². The molecule has 0 aromatic heterocycles. The Kier molecular flexibility index (Phi) is 16.7. The third-order valence-electron chi connectivity index (χ3n) is 6.17. The zero-order valence-corrected chi connectivity index (χ0v) is 23.4. The van der Waals surface area contributed by atoms with Gasteiger partial charge in [0.25, 0.3) is 0 Å². The number of rotatable bonds is 21. The minimum absolute atomic E-state index is 0.303. The first kappa shape index (κ1) is 31.7. The van der Waals surface area contributed by atoms with Crippen molar-refractivity contribution in [3.8, 4) is 5.75 Å². The Morgan fingerprint density at radius 3 is 1.72 bits per heavy atom. The van der Waals surface area contributed by atoms with Crippen LogP contribution in [0.3, 0.4) is 0 Å². The molecule has 212 valence electrons. The van der Waals surface area contributed by atoms with Crippen LogP contribution < -0.4 is 4.74 Å². The molecule has 0 heterocycles. The molecular formula is C32H44N2O5. The maximum atomic E-state index is 12.1. The largest absolute Gasteiger partial charge is 0.494 e. The average Bonchev–Trinajstić information content (AvgIpc) is 2.97. The highest BCUT2D eigenvalue weighted by Gasteiger charge is 2.06. The molecule has 0 amide bonds. The van der Waals surface area contributed by atoms with E-state index in [1.54, 1.807) is 24.3 Å². The summed E-state index contributed by atoms with van der Waals surface area (Å²) in [6.07, 6.45) is 14.5. The van der Waals surface area contributed by atoms with Crippen LogP contribution in [0.1, 0.15) is 94.3 Å². The van der Waals surface area contributed by atoms with Gasteiger partial charge in [-0.3, -0.25) is 0 Å². The molecule has 2 rings (SSSR count). The highest BCUT2D eigenvalue weighted by atomic mass is 16.5.